The van der Waals surface area contributed by atoms with Crippen molar-refractivity contribution in [2.75, 3.05) is 0 Å². The van der Waals surface area contributed by atoms with E-state index >= 15 is 0 Å². The van der Waals surface area contributed by atoms with Gasteiger partial charge in [0.05, 0.1) is 0 Å². The molecule has 1 amide bonds. The largest absolute Gasteiger partial charge is 0.350 e. The van der Waals surface area contributed by atoms with Crippen molar-refractivity contribution in [1.82, 2.24) is 5.32 Å². The van der Waals surface area contributed by atoms with Gasteiger partial charge in [-0.25, -0.2) is 0 Å². The van der Waals surface area contributed by atoms with E-state index in [2.05, 4.69) is 12.2 Å². The number of carbonyl (C=O) groups is 1. The summed E-state index contributed by atoms with van der Waals surface area (Å²) in [6, 6.07) is 10.1. The van der Waals surface area contributed by atoms with Crippen LogP contribution in [0.25, 0.3) is 6.08 Å². The summed E-state index contributed by atoms with van der Waals surface area (Å²) in [4.78, 5) is 11.5. The Morgan fingerprint density at radius 1 is 1.38 bits per heavy atom. The van der Waals surface area contributed by atoms with Gasteiger partial charge < -0.3 is 5.32 Å². The van der Waals surface area contributed by atoms with Crippen molar-refractivity contribution in [2.45, 2.75) is 32.7 Å². The molecular weight excluding hydrogens is 198 g/mol. The van der Waals surface area contributed by atoms with Gasteiger partial charge in [0, 0.05) is 12.1 Å². The van der Waals surface area contributed by atoms with Crippen molar-refractivity contribution < 1.29 is 4.79 Å². The minimum atomic E-state index is -0.0233. The highest BCUT2D eigenvalue weighted by atomic mass is 16.1. The number of amides is 1. The quantitative estimate of drug-likeness (QED) is 0.755. The third-order valence-electron chi connectivity index (χ3n) is 2.34. The molecule has 16 heavy (non-hydrogen) atoms. The predicted molar refractivity (Wildman–Crippen MR) is 68.0 cm³/mol. The monoisotopic (exact) mass is 217 g/mol. The van der Waals surface area contributed by atoms with Gasteiger partial charge in [-0.05, 0) is 25.0 Å². The zero-order valence-corrected chi connectivity index (χ0v) is 9.94. The first-order valence-electron chi connectivity index (χ1n) is 5.76. The van der Waals surface area contributed by atoms with Crippen molar-refractivity contribution in [3.8, 4) is 0 Å². The summed E-state index contributed by atoms with van der Waals surface area (Å²) in [5, 5.41) is 2.93. The molecule has 0 aromatic heterocycles. The van der Waals surface area contributed by atoms with Crippen LogP contribution in [0.1, 0.15) is 32.3 Å². The summed E-state index contributed by atoms with van der Waals surface area (Å²) >= 11 is 0. The highest BCUT2D eigenvalue weighted by molar-refractivity contribution is 5.91. The minimum Gasteiger partial charge on any atom is -0.350 e. The number of rotatable bonds is 5. The summed E-state index contributed by atoms with van der Waals surface area (Å²) in [7, 11) is 0. The average molecular weight is 217 g/mol. The number of nitrogens with one attached hydrogen (secondary N) is 1. The standard InChI is InChI=1S/C14H19NO/c1-3-7-12(2)15-14(16)11-10-13-8-5-4-6-9-13/h4-6,8-12H,3,7H2,1-2H3,(H,15,16)/b11-10+. The number of hydrogen-bond donors (Lipinski definition) is 1. The van der Waals surface area contributed by atoms with Crippen molar-refractivity contribution in [2.24, 2.45) is 0 Å². The fraction of sp³-hybridized carbons (Fsp3) is 0.357. The second-order valence-corrected chi connectivity index (χ2v) is 3.94. The Hall–Kier alpha value is -1.57. The Balaban J connectivity index is 2.42. The molecule has 1 aromatic rings. The van der Waals surface area contributed by atoms with Gasteiger partial charge in [-0.2, -0.15) is 0 Å². The third-order valence-corrected chi connectivity index (χ3v) is 2.34. The molecule has 0 saturated carbocycles. The van der Waals surface area contributed by atoms with Gasteiger partial charge in [-0.3, -0.25) is 4.79 Å². The van der Waals surface area contributed by atoms with Gasteiger partial charge in [0.1, 0.15) is 0 Å². The first-order chi connectivity index (χ1) is 7.72. The molecule has 1 N–H and O–H groups in total. The maximum atomic E-state index is 11.5. The molecule has 0 aliphatic rings. The zero-order valence-electron chi connectivity index (χ0n) is 9.94. The number of hydrogen-bond acceptors (Lipinski definition) is 1. The van der Waals surface area contributed by atoms with Crippen LogP contribution in [0.3, 0.4) is 0 Å². The number of carbonyl (C=O) groups excluding carboxylic acids is 1. The fourth-order valence-corrected chi connectivity index (χ4v) is 1.53. The highest BCUT2D eigenvalue weighted by Crippen LogP contribution is 2.01. The van der Waals surface area contributed by atoms with Gasteiger partial charge in [-0.1, -0.05) is 43.7 Å². The van der Waals surface area contributed by atoms with Crippen LogP contribution < -0.4 is 5.32 Å². The molecule has 0 aliphatic carbocycles. The van der Waals surface area contributed by atoms with Crippen LogP contribution in [-0.2, 0) is 4.79 Å². The smallest absolute Gasteiger partial charge is 0.244 e. The van der Waals surface area contributed by atoms with E-state index in [0.717, 1.165) is 18.4 Å². The Labute approximate surface area is 97.4 Å². The van der Waals surface area contributed by atoms with Crippen LogP contribution in [0, 0.1) is 0 Å². The molecule has 0 radical (unpaired) electrons. The number of benzene rings is 1. The van der Waals surface area contributed by atoms with E-state index in [4.69, 9.17) is 0 Å². The minimum absolute atomic E-state index is 0.0233. The Bertz CT molecular complexity index is 343. The van der Waals surface area contributed by atoms with Crippen LogP contribution in [-0.4, -0.2) is 11.9 Å². The lowest BCUT2D eigenvalue weighted by molar-refractivity contribution is -0.117. The zero-order chi connectivity index (χ0) is 11.8. The maximum Gasteiger partial charge on any atom is 0.244 e. The average Bonchev–Trinajstić information content (AvgIpc) is 2.28. The summed E-state index contributed by atoms with van der Waals surface area (Å²) in [5.41, 5.74) is 1.04. The molecule has 0 aliphatic heterocycles. The Morgan fingerprint density at radius 2 is 2.06 bits per heavy atom. The van der Waals surface area contributed by atoms with Crippen molar-refractivity contribution in [3.05, 3.63) is 42.0 Å². The second-order valence-electron chi connectivity index (χ2n) is 3.94. The van der Waals surface area contributed by atoms with E-state index in [9.17, 15) is 4.79 Å². The topological polar surface area (TPSA) is 29.1 Å². The highest BCUT2D eigenvalue weighted by Gasteiger charge is 2.02. The van der Waals surface area contributed by atoms with Crippen molar-refractivity contribution in [3.63, 3.8) is 0 Å². The molecule has 0 fully saturated rings. The molecule has 1 unspecified atom stereocenters. The first kappa shape index (κ1) is 12.5. The first-order valence-corrected chi connectivity index (χ1v) is 5.76. The molecular formula is C14H19NO. The summed E-state index contributed by atoms with van der Waals surface area (Å²) in [6.45, 7) is 4.14. The van der Waals surface area contributed by atoms with Crippen molar-refractivity contribution in [1.29, 1.82) is 0 Å². The summed E-state index contributed by atoms with van der Waals surface area (Å²) in [6.07, 6.45) is 5.52. The van der Waals surface area contributed by atoms with Crippen LogP contribution in [0.15, 0.2) is 36.4 Å². The van der Waals surface area contributed by atoms with Crippen LogP contribution in [0.2, 0.25) is 0 Å². The van der Waals surface area contributed by atoms with Crippen LogP contribution in [0.5, 0.6) is 0 Å². The molecule has 0 saturated heterocycles. The van der Waals surface area contributed by atoms with Crippen LogP contribution >= 0.6 is 0 Å². The summed E-state index contributed by atoms with van der Waals surface area (Å²) < 4.78 is 0. The predicted octanol–water partition coefficient (Wildman–Crippen LogP) is 3.00. The SMILES string of the molecule is CCCC(C)NC(=O)/C=C/c1ccccc1. The lowest BCUT2D eigenvalue weighted by atomic mass is 10.2. The van der Waals surface area contributed by atoms with Gasteiger partial charge in [0.2, 0.25) is 5.91 Å². The Kier molecular flexibility index (Phi) is 5.34. The third kappa shape index (κ3) is 4.78. The van der Waals surface area contributed by atoms with E-state index in [1.54, 1.807) is 6.08 Å². The van der Waals surface area contributed by atoms with Gasteiger partial charge in [-0.15, -0.1) is 0 Å². The van der Waals surface area contributed by atoms with E-state index in [1.165, 1.54) is 0 Å². The molecule has 0 heterocycles. The molecule has 1 atom stereocenters. The maximum absolute atomic E-state index is 11.5. The molecule has 2 nitrogen and oxygen atoms in total. The molecule has 0 spiro atoms. The van der Waals surface area contributed by atoms with Crippen LogP contribution in [0.4, 0.5) is 0 Å². The lowest BCUT2D eigenvalue weighted by Crippen LogP contribution is -2.30. The van der Waals surface area contributed by atoms with E-state index in [1.807, 2.05) is 43.3 Å². The van der Waals surface area contributed by atoms with Gasteiger partial charge >= 0.3 is 0 Å². The lowest BCUT2D eigenvalue weighted by Gasteiger charge is -2.10. The van der Waals surface area contributed by atoms with Gasteiger partial charge in [0.15, 0.2) is 0 Å². The van der Waals surface area contributed by atoms with Gasteiger partial charge in [0.25, 0.3) is 0 Å². The van der Waals surface area contributed by atoms with E-state index in [-0.39, 0.29) is 11.9 Å². The molecule has 1 aromatic carbocycles. The van der Waals surface area contributed by atoms with Crippen molar-refractivity contribution >= 4 is 12.0 Å². The molecule has 2 heteroatoms. The molecule has 1 rings (SSSR count). The fourth-order valence-electron chi connectivity index (χ4n) is 1.53. The van der Waals surface area contributed by atoms with E-state index in [0.29, 0.717) is 0 Å². The second kappa shape index (κ2) is 6.83. The summed E-state index contributed by atoms with van der Waals surface area (Å²) in [5.74, 6) is -0.0233. The molecule has 86 valence electrons. The van der Waals surface area contributed by atoms with E-state index < -0.39 is 0 Å². The Morgan fingerprint density at radius 3 is 2.69 bits per heavy atom. The molecule has 0 bridgehead atoms. The normalized spacial score (nSPS) is 12.6.